The van der Waals surface area contributed by atoms with Crippen molar-refractivity contribution in [1.82, 2.24) is 5.32 Å². The summed E-state index contributed by atoms with van der Waals surface area (Å²) in [5.41, 5.74) is 0.457. The molecule has 0 aliphatic heterocycles. The minimum absolute atomic E-state index is 0.290. The molecule has 1 aromatic carbocycles. The minimum Gasteiger partial charge on any atom is -0.314 e. The molecule has 0 aliphatic rings. The Morgan fingerprint density at radius 2 is 1.88 bits per heavy atom. The van der Waals surface area contributed by atoms with E-state index in [0.29, 0.717) is 23.9 Å². The van der Waals surface area contributed by atoms with Crippen LogP contribution in [-0.2, 0) is 6.42 Å². The van der Waals surface area contributed by atoms with Crippen LogP contribution >= 0.6 is 0 Å². The van der Waals surface area contributed by atoms with Gasteiger partial charge in [-0.3, -0.25) is 0 Å². The van der Waals surface area contributed by atoms with Gasteiger partial charge < -0.3 is 5.32 Å². The summed E-state index contributed by atoms with van der Waals surface area (Å²) in [4.78, 5) is 0. The smallest absolute Gasteiger partial charge is 0.162 e. The third-order valence-corrected chi connectivity index (χ3v) is 2.47. The molecule has 0 saturated heterocycles. The zero-order valence-corrected chi connectivity index (χ0v) is 10.1. The average Bonchev–Trinajstić information content (AvgIpc) is 2.22. The van der Waals surface area contributed by atoms with Gasteiger partial charge in [-0.15, -0.1) is 0 Å². The van der Waals surface area contributed by atoms with Crippen molar-refractivity contribution in [2.75, 3.05) is 6.54 Å². The van der Waals surface area contributed by atoms with Gasteiger partial charge in [0, 0.05) is 6.04 Å². The largest absolute Gasteiger partial charge is 0.314 e. The molecule has 0 heterocycles. The highest BCUT2D eigenvalue weighted by atomic mass is 19.2. The number of rotatable bonds is 5. The van der Waals surface area contributed by atoms with Crippen LogP contribution in [0, 0.1) is 17.6 Å². The Hall–Kier alpha value is -0.960. The van der Waals surface area contributed by atoms with Gasteiger partial charge in [0.2, 0.25) is 0 Å². The first-order chi connectivity index (χ1) is 7.50. The summed E-state index contributed by atoms with van der Waals surface area (Å²) >= 11 is 0. The van der Waals surface area contributed by atoms with Crippen LogP contribution < -0.4 is 5.32 Å². The Labute approximate surface area is 95.9 Å². The van der Waals surface area contributed by atoms with Gasteiger partial charge in [-0.25, -0.2) is 8.78 Å². The van der Waals surface area contributed by atoms with E-state index in [1.54, 1.807) is 12.1 Å². The third kappa shape index (κ3) is 3.89. The highest BCUT2D eigenvalue weighted by molar-refractivity contribution is 5.19. The SMILES string of the molecule is CC(CNC(C)C)Cc1cccc(F)c1F. The van der Waals surface area contributed by atoms with Crippen LogP contribution in [0.4, 0.5) is 8.78 Å². The maximum Gasteiger partial charge on any atom is 0.162 e. The third-order valence-electron chi connectivity index (χ3n) is 2.47. The van der Waals surface area contributed by atoms with Gasteiger partial charge in [0.1, 0.15) is 0 Å². The Morgan fingerprint density at radius 1 is 1.19 bits per heavy atom. The summed E-state index contributed by atoms with van der Waals surface area (Å²) in [6, 6.07) is 4.76. The molecule has 0 aliphatic carbocycles. The van der Waals surface area contributed by atoms with E-state index in [4.69, 9.17) is 0 Å². The van der Waals surface area contributed by atoms with Crippen LogP contribution in [0.3, 0.4) is 0 Å². The molecule has 0 radical (unpaired) electrons. The fraction of sp³-hybridized carbons (Fsp3) is 0.538. The van der Waals surface area contributed by atoms with E-state index in [9.17, 15) is 8.78 Å². The molecule has 0 bridgehead atoms. The predicted molar refractivity (Wildman–Crippen MR) is 62.4 cm³/mol. The van der Waals surface area contributed by atoms with Gasteiger partial charge >= 0.3 is 0 Å². The lowest BCUT2D eigenvalue weighted by Crippen LogP contribution is -2.28. The lowest BCUT2D eigenvalue weighted by molar-refractivity contribution is 0.454. The Kier molecular flexibility index (Phi) is 4.87. The van der Waals surface area contributed by atoms with Crippen LogP contribution in [0.5, 0.6) is 0 Å². The number of halogens is 2. The van der Waals surface area contributed by atoms with Gasteiger partial charge in [-0.1, -0.05) is 32.9 Å². The summed E-state index contributed by atoms with van der Waals surface area (Å²) in [7, 11) is 0. The monoisotopic (exact) mass is 227 g/mol. The van der Waals surface area contributed by atoms with Crippen molar-refractivity contribution in [3.05, 3.63) is 35.4 Å². The second-order valence-corrected chi connectivity index (χ2v) is 4.59. The van der Waals surface area contributed by atoms with Crippen molar-refractivity contribution in [3.63, 3.8) is 0 Å². The van der Waals surface area contributed by atoms with Crippen molar-refractivity contribution in [3.8, 4) is 0 Å². The molecule has 1 atom stereocenters. The van der Waals surface area contributed by atoms with E-state index in [1.165, 1.54) is 0 Å². The minimum atomic E-state index is -0.762. The fourth-order valence-corrected chi connectivity index (χ4v) is 1.59. The lowest BCUT2D eigenvalue weighted by Gasteiger charge is -2.15. The number of nitrogens with one attached hydrogen (secondary N) is 1. The average molecular weight is 227 g/mol. The molecular weight excluding hydrogens is 208 g/mol. The zero-order valence-electron chi connectivity index (χ0n) is 10.1. The molecule has 1 aromatic rings. The van der Waals surface area contributed by atoms with Gasteiger partial charge in [0.25, 0.3) is 0 Å². The zero-order chi connectivity index (χ0) is 12.1. The quantitative estimate of drug-likeness (QED) is 0.814. The first-order valence-corrected chi connectivity index (χ1v) is 5.67. The second kappa shape index (κ2) is 5.94. The van der Waals surface area contributed by atoms with Crippen molar-refractivity contribution in [2.24, 2.45) is 5.92 Å². The Morgan fingerprint density at radius 3 is 2.50 bits per heavy atom. The highest BCUT2D eigenvalue weighted by Crippen LogP contribution is 2.15. The standard InChI is InChI=1S/C13H19F2N/c1-9(2)16-8-10(3)7-11-5-4-6-12(14)13(11)15/h4-6,9-10,16H,7-8H2,1-3H3. The van der Waals surface area contributed by atoms with E-state index in [2.05, 4.69) is 19.2 Å². The normalized spacial score (nSPS) is 13.1. The second-order valence-electron chi connectivity index (χ2n) is 4.59. The maximum atomic E-state index is 13.4. The van der Waals surface area contributed by atoms with Crippen LogP contribution in [0.2, 0.25) is 0 Å². The summed E-state index contributed by atoms with van der Waals surface area (Å²) in [5, 5.41) is 3.28. The summed E-state index contributed by atoms with van der Waals surface area (Å²) < 4.78 is 26.3. The Balaban J connectivity index is 2.56. The van der Waals surface area contributed by atoms with Crippen LogP contribution in [0.25, 0.3) is 0 Å². The molecule has 90 valence electrons. The van der Waals surface area contributed by atoms with Gasteiger partial charge in [0.05, 0.1) is 0 Å². The van der Waals surface area contributed by atoms with Crippen molar-refractivity contribution in [2.45, 2.75) is 33.2 Å². The maximum absolute atomic E-state index is 13.4. The highest BCUT2D eigenvalue weighted by Gasteiger charge is 2.11. The molecule has 0 amide bonds. The summed E-state index contributed by atoms with van der Waals surface area (Å²) in [5.74, 6) is -1.18. The van der Waals surface area contributed by atoms with Crippen molar-refractivity contribution >= 4 is 0 Å². The molecule has 1 nitrogen and oxygen atoms in total. The van der Waals surface area contributed by atoms with Gasteiger partial charge in [0.15, 0.2) is 11.6 Å². The topological polar surface area (TPSA) is 12.0 Å². The molecule has 1 N–H and O–H groups in total. The van der Waals surface area contributed by atoms with Crippen molar-refractivity contribution < 1.29 is 8.78 Å². The number of hydrogen-bond acceptors (Lipinski definition) is 1. The van der Waals surface area contributed by atoms with E-state index in [-0.39, 0.29) is 0 Å². The molecule has 0 fully saturated rings. The first kappa shape index (κ1) is 13.1. The fourth-order valence-electron chi connectivity index (χ4n) is 1.59. The molecule has 16 heavy (non-hydrogen) atoms. The first-order valence-electron chi connectivity index (χ1n) is 5.67. The summed E-state index contributed by atoms with van der Waals surface area (Å²) in [6.07, 6.45) is 0.559. The lowest BCUT2D eigenvalue weighted by atomic mass is 10.0. The number of hydrogen-bond donors (Lipinski definition) is 1. The Bertz CT molecular complexity index is 337. The van der Waals surface area contributed by atoms with Crippen molar-refractivity contribution in [1.29, 1.82) is 0 Å². The van der Waals surface area contributed by atoms with Crippen LogP contribution in [0.1, 0.15) is 26.3 Å². The summed E-state index contributed by atoms with van der Waals surface area (Å²) in [6.45, 7) is 6.97. The number of benzene rings is 1. The molecular formula is C13H19F2N. The van der Waals surface area contributed by atoms with Gasteiger partial charge in [-0.05, 0) is 30.5 Å². The molecule has 1 rings (SSSR count). The van der Waals surface area contributed by atoms with E-state index < -0.39 is 11.6 Å². The van der Waals surface area contributed by atoms with Gasteiger partial charge in [-0.2, -0.15) is 0 Å². The van der Waals surface area contributed by atoms with E-state index in [1.807, 2.05) is 6.92 Å². The van der Waals surface area contributed by atoms with E-state index in [0.717, 1.165) is 12.6 Å². The van der Waals surface area contributed by atoms with E-state index >= 15 is 0 Å². The molecule has 1 unspecified atom stereocenters. The molecule has 0 saturated carbocycles. The molecule has 0 aromatic heterocycles. The molecule has 3 heteroatoms. The van der Waals surface area contributed by atoms with Crippen LogP contribution in [-0.4, -0.2) is 12.6 Å². The van der Waals surface area contributed by atoms with Crippen LogP contribution in [0.15, 0.2) is 18.2 Å². The predicted octanol–water partition coefficient (Wildman–Crippen LogP) is 3.14. The molecule has 0 spiro atoms.